The molecule has 0 saturated heterocycles. The van der Waals surface area contributed by atoms with Gasteiger partial charge in [0.25, 0.3) is 0 Å². The van der Waals surface area contributed by atoms with Crippen molar-refractivity contribution >= 4 is 53.3 Å². The average molecular weight is 713 g/mol. The van der Waals surface area contributed by atoms with Gasteiger partial charge in [-0.2, -0.15) is 0 Å². The Labute approximate surface area is 293 Å². The average Bonchev–Trinajstić information content (AvgIpc) is 2.96. The molecule has 0 unspecified atom stereocenters. The standard InChI is InChI=1S/C35H38ClFN4O9/c1-34(2,3)49-32(46)40-31(41-33(47)50-35(4,5)6)38-24-13-10-21(11-14-24)30(45)48-25-15-12-22(26(36)19-25)18-28(42)39-27(29(43)44)17-20-8-7-9-23(37)16-20/h7-16,19,27H,17-18H2,1-6H3,(H,39,42)(H,43,44)(H2,38,40,41,46,47)/t27-/m0/s1. The van der Waals surface area contributed by atoms with Gasteiger partial charge in [-0.25, -0.2) is 28.6 Å². The number of amides is 3. The van der Waals surface area contributed by atoms with Gasteiger partial charge in [-0.1, -0.05) is 29.8 Å². The molecular formula is C35H38ClFN4O9. The Morgan fingerprint density at radius 1 is 0.860 bits per heavy atom. The zero-order valence-corrected chi connectivity index (χ0v) is 29.0. The van der Waals surface area contributed by atoms with Crippen LogP contribution in [-0.4, -0.2) is 58.3 Å². The molecule has 0 bridgehead atoms. The van der Waals surface area contributed by atoms with Crippen LogP contribution < -0.4 is 20.7 Å². The normalized spacial score (nSPS) is 11.8. The Kier molecular flexibility index (Phi) is 13.0. The van der Waals surface area contributed by atoms with Crippen molar-refractivity contribution in [2.45, 2.75) is 71.6 Å². The SMILES string of the molecule is CC(C)(C)OC(=O)NC(=Nc1ccc(C(=O)Oc2ccc(CC(=O)N[C@@H](Cc3cccc(F)c3)C(=O)O)c(Cl)c2)cc1)NC(=O)OC(C)(C)C. The minimum Gasteiger partial charge on any atom is -0.480 e. The predicted octanol–water partition coefficient (Wildman–Crippen LogP) is 6.09. The highest BCUT2D eigenvalue weighted by Crippen LogP contribution is 2.24. The molecule has 4 N–H and O–H groups in total. The lowest BCUT2D eigenvalue weighted by Gasteiger charge is -2.22. The van der Waals surface area contributed by atoms with E-state index in [2.05, 4.69) is 20.9 Å². The molecule has 0 aliphatic rings. The summed E-state index contributed by atoms with van der Waals surface area (Å²) >= 11 is 6.34. The van der Waals surface area contributed by atoms with Gasteiger partial charge >= 0.3 is 24.1 Å². The lowest BCUT2D eigenvalue weighted by Crippen LogP contribution is -2.47. The minimum absolute atomic E-state index is 0.0752. The van der Waals surface area contributed by atoms with E-state index in [-0.39, 0.29) is 40.8 Å². The van der Waals surface area contributed by atoms with Crippen LogP contribution in [0.4, 0.5) is 19.7 Å². The van der Waals surface area contributed by atoms with Crippen LogP contribution in [-0.2, 0) is 31.9 Å². The molecule has 13 nitrogen and oxygen atoms in total. The molecule has 3 aromatic carbocycles. The van der Waals surface area contributed by atoms with Gasteiger partial charge in [0.15, 0.2) is 0 Å². The zero-order valence-electron chi connectivity index (χ0n) is 28.3. The Morgan fingerprint density at radius 2 is 1.46 bits per heavy atom. The second kappa shape index (κ2) is 16.7. The number of hydrogen-bond donors (Lipinski definition) is 4. The third-order valence-corrected chi connectivity index (χ3v) is 6.48. The van der Waals surface area contributed by atoms with Gasteiger partial charge < -0.3 is 24.6 Å². The molecule has 0 spiro atoms. The summed E-state index contributed by atoms with van der Waals surface area (Å²) in [5.74, 6) is -3.39. The molecule has 0 heterocycles. The summed E-state index contributed by atoms with van der Waals surface area (Å²) in [5, 5.41) is 16.8. The zero-order chi connectivity index (χ0) is 37.2. The number of alkyl carbamates (subject to hydrolysis) is 2. The van der Waals surface area contributed by atoms with Crippen LogP contribution in [0.15, 0.2) is 71.7 Å². The van der Waals surface area contributed by atoms with Crippen LogP contribution in [0.1, 0.15) is 63.0 Å². The maximum Gasteiger partial charge on any atom is 0.414 e. The number of nitrogens with one attached hydrogen (secondary N) is 3. The monoisotopic (exact) mass is 712 g/mol. The van der Waals surface area contributed by atoms with Gasteiger partial charge in [0.05, 0.1) is 17.7 Å². The molecule has 3 rings (SSSR count). The topological polar surface area (TPSA) is 182 Å². The number of halogens is 2. The molecular weight excluding hydrogens is 675 g/mol. The van der Waals surface area contributed by atoms with Gasteiger partial charge in [0.1, 0.15) is 28.8 Å². The Bertz CT molecular complexity index is 1730. The van der Waals surface area contributed by atoms with Gasteiger partial charge in [0, 0.05) is 11.4 Å². The first-order chi connectivity index (χ1) is 23.3. The lowest BCUT2D eigenvalue weighted by molar-refractivity contribution is -0.141. The van der Waals surface area contributed by atoms with Crippen molar-refractivity contribution in [1.82, 2.24) is 16.0 Å². The summed E-state index contributed by atoms with van der Waals surface area (Å²) in [6, 6.07) is 14.0. The number of ether oxygens (including phenoxy) is 3. The molecule has 3 aromatic rings. The highest BCUT2D eigenvalue weighted by Gasteiger charge is 2.23. The Balaban J connectivity index is 1.66. The van der Waals surface area contributed by atoms with Crippen molar-refractivity contribution in [3.8, 4) is 5.75 Å². The summed E-state index contributed by atoms with van der Waals surface area (Å²) in [6.07, 6.45) is -2.14. The summed E-state index contributed by atoms with van der Waals surface area (Å²) in [5.41, 5.74) is -0.518. The minimum atomic E-state index is -1.30. The van der Waals surface area contributed by atoms with Crippen molar-refractivity contribution in [1.29, 1.82) is 0 Å². The first-order valence-corrected chi connectivity index (χ1v) is 15.6. The van der Waals surface area contributed by atoms with E-state index in [9.17, 15) is 33.5 Å². The van der Waals surface area contributed by atoms with Gasteiger partial charge in [0.2, 0.25) is 11.9 Å². The highest BCUT2D eigenvalue weighted by molar-refractivity contribution is 6.31. The van der Waals surface area contributed by atoms with Crippen LogP contribution >= 0.6 is 11.6 Å². The van der Waals surface area contributed by atoms with Gasteiger partial charge in [-0.05, 0) is 101 Å². The summed E-state index contributed by atoms with van der Waals surface area (Å²) < 4.78 is 29.4. The number of esters is 1. The summed E-state index contributed by atoms with van der Waals surface area (Å²) in [7, 11) is 0. The number of carboxylic acids is 1. The number of nitrogens with zero attached hydrogens (tertiary/aromatic N) is 1. The number of benzene rings is 3. The number of aliphatic carboxylic acids is 1. The molecule has 0 aliphatic carbocycles. The fourth-order valence-corrected chi connectivity index (χ4v) is 4.35. The molecule has 266 valence electrons. The molecule has 3 amide bonds. The van der Waals surface area contributed by atoms with Crippen LogP contribution in [0.2, 0.25) is 5.02 Å². The fraction of sp³-hybridized carbons (Fsp3) is 0.314. The Hall–Kier alpha value is -5.50. The fourth-order valence-electron chi connectivity index (χ4n) is 4.11. The van der Waals surface area contributed by atoms with Crippen molar-refractivity contribution in [3.63, 3.8) is 0 Å². The number of carbonyl (C=O) groups excluding carboxylic acids is 4. The van der Waals surface area contributed by atoms with E-state index < -0.39 is 53.1 Å². The second-order valence-electron chi connectivity index (χ2n) is 12.9. The number of carboxylic acid groups (broad SMARTS) is 1. The van der Waals surface area contributed by atoms with E-state index in [1.807, 2.05) is 0 Å². The number of aliphatic imine (C=N–C) groups is 1. The number of rotatable bonds is 9. The van der Waals surface area contributed by atoms with Crippen molar-refractivity contribution in [2.75, 3.05) is 0 Å². The Morgan fingerprint density at radius 3 is 1.98 bits per heavy atom. The number of hydrogen-bond acceptors (Lipinski definition) is 9. The first-order valence-electron chi connectivity index (χ1n) is 15.2. The van der Waals surface area contributed by atoms with E-state index >= 15 is 0 Å². The van der Waals surface area contributed by atoms with Crippen molar-refractivity contribution in [3.05, 3.63) is 94.3 Å². The molecule has 0 radical (unpaired) electrons. The molecule has 0 aliphatic heterocycles. The summed E-state index contributed by atoms with van der Waals surface area (Å²) in [6.45, 7) is 10.0. The first kappa shape index (κ1) is 38.9. The molecule has 1 atom stereocenters. The third-order valence-electron chi connectivity index (χ3n) is 6.13. The lowest BCUT2D eigenvalue weighted by atomic mass is 10.0. The van der Waals surface area contributed by atoms with E-state index in [0.717, 1.165) is 0 Å². The van der Waals surface area contributed by atoms with Crippen LogP contribution in [0.25, 0.3) is 0 Å². The number of guanidine groups is 1. The third kappa shape index (κ3) is 13.5. The largest absolute Gasteiger partial charge is 0.480 e. The van der Waals surface area contributed by atoms with Crippen LogP contribution in [0.3, 0.4) is 0 Å². The smallest absolute Gasteiger partial charge is 0.414 e. The van der Waals surface area contributed by atoms with Gasteiger partial charge in [-0.15, -0.1) is 0 Å². The molecule has 15 heteroatoms. The second-order valence-corrected chi connectivity index (χ2v) is 13.3. The van der Waals surface area contributed by atoms with Crippen molar-refractivity contribution in [2.24, 2.45) is 4.99 Å². The summed E-state index contributed by atoms with van der Waals surface area (Å²) in [4.78, 5) is 66.1. The molecule has 0 fully saturated rings. The molecule has 50 heavy (non-hydrogen) atoms. The van der Waals surface area contributed by atoms with Crippen LogP contribution in [0, 0.1) is 5.82 Å². The molecule has 0 saturated carbocycles. The molecule has 0 aromatic heterocycles. The van der Waals surface area contributed by atoms with E-state index in [1.54, 1.807) is 47.6 Å². The van der Waals surface area contributed by atoms with Gasteiger partial charge in [-0.3, -0.25) is 15.4 Å². The van der Waals surface area contributed by atoms with Crippen molar-refractivity contribution < 1.29 is 47.7 Å². The van der Waals surface area contributed by atoms with E-state index in [4.69, 9.17) is 25.8 Å². The predicted molar refractivity (Wildman–Crippen MR) is 182 cm³/mol. The maximum absolute atomic E-state index is 13.5. The quantitative estimate of drug-likeness (QED) is 0.0883. The maximum atomic E-state index is 13.5. The van der Waals surface area contributed by atoms with E-state index in [0.29, 0.717) is 11.1 Å². The van der Waals surface area contributed by atoms with E-state index in [1.165, 1.54) is 60.7 Å². The number of carbonyl (C=O) groups is 5. The van der Waals surface area contributed by atoms with Crippen LogP contribution in [0.5, 0.6) is 5.75 Å². The highest BCUT2D eigenvalue weighted by atomic mass is 35.5.